The molecule has 0 aromatic carbocycles. The molecular weight excluding hydrogens is 320 g/mol. The van der Waals surface area contributed by atoms with Gasteiger partial charge >= 0.3 is 5.97 Å². The molecule has 2 spiro atoms. The van der Waals surface area contributed by atoms with Gasteiger partial charge in [0.1, 0.15) is 11.5 Å². The summed E-state index contributed by atoms with van der Waals surface area (Å²) in [5.74, 6) is 0.562. The van der Waals surface area contributed by atoms with Crippen LogP contribution in [0.1, 0.15) is 46.0 Å². The van der Waals surface area contributed by atoms with Crippen LogP contribution in [0, 0.1) is 39.9 Å². The normalized spacial score (nSPS) is 61.5. The smallest absolute Gasteiger partial charge is 0.320 e. The minimum absolute atomic E-state index is 0.0154. The van der Waals surface area contributed by atoms with Gasteiger partial charge in [-0.15, -0.1) is 0 Å². The second kappa shape index (κ2) is 4.30. The Hall–Kier alpha value is -0.940. The Morgan fingerprint density at radius 3 is 2.72 bits per heavy atom. The van der Waals surface area contributed by atoms with Crippen molar-refractivity contribution in [3.8, 4) is 0 Å². The van der Waals surface area contributed by atoms with Crippen LogP contribution in [0.3, 0.4) is 0 Å². The molecule has 5 heteroatoms. The van der Waals surface area contributed by atoms with Crippen LogP contribution in [0.5, 0.6) is 0 Å². The first-order valence-corrected chi connectivity index (χ1v) is 9.92. The number of hydrogen-bond acceptors (Lipinski definition) is 5. The molecule has 0 unspecified atom stereocenters. The topological polar surface area (TPSA) is 61.8 Å². The second-order valence-corrected chi connectivity index (χ2v) is 9.89. The molecule has 3 saturated carbocycles. The molecule has 0 aromatic rings. The first-order valence-electron chi connectivity index (χ1n) is 9.92. The number of hydrogen-bond donors (Lipinski definition) is 0. The van der Waals surface area contributed by atoms with Gasteiger partial charge in [-0.1, -0.05) is 13.8 Å². The number of carbonyl (C=O) groups is 2. The SMILES string of the molecule is C[C@H]1C(=O)[C@]23C[C@H]1CC[C@H]2[C@]12CO[C@@H]4OC[C@](C)(CC[C@@H]1OC3=O)[C@@H]42. The summed E-state index contributed by atoms with van der Waals surface area (Å²) >= 11 is 0. The highest BCUT2D eigenvalue weighted by molar-refractivity contribution is 6.07. The first-order chi connectivity index (χ1) is 11.9. The molecule has 6 aliphatic rings. The summed E-state index contributed by atoms with van der Waals surface area (Å²) in [5.41, 5.74) is -1.06. The fourth-order valence-electron chi connectivity index (χ4n) is 8.00. The predicted octanol–water partition coefficient (Wildman–Crippen LogP) is 2.32. The number of Topliss-reactive ketones (excluding diaryl/α,β-unsaturated/α-hetero) is 1. The van der Waals surface area contributed by atoms with Crippen molar-refractivity contribution in [3.63, 3.8) is 0 Å². The average molecular weight is 346 g/mol. The molecule has 6 rings (SSSR count). The third-order valence-electron chi connectivity index (χ3n) is 9.08. The van der Waals surface area contributed by atoms with E-state index >= 15 is 0 Å². The van der Waals surface area contributed by atoms with Crippen molar-refractivity contribution in [3.05, 3.63) is 0 Å². The zero-order valence-corrected chi connectivity index (χ0v) is 15.0. The summed E-state index contributed by atoms with van der Waals surface area (Å²) in [5, 5.41) is 0. The van der Waals surface area contributed by atoms with E-state index in [1.54, 1.807) is 0 Å². The highest BCUT2D eigenvalue weighted by Gasteiger charge is 2.79. The Kier molecular flexibility index (Phi) is 2.61. The van der Waals surface area contributed by atoms with E-state index in [0.29, 0.717) is 18.9 Å². The number of rotatable bonds is 0. The van der Waals surface area contributed by atoms with Gasteiger partial charge in [-0.25, -0.2) is 0 Å². The zero-order chi connectivity index (χ0) is 17.2. The standard InChI is InChI=1S/C20H26O5/c1-10-11-3-4-12-19(7-11,15(10)21)17(22)25-13-5-6-18(2)8-23-16-14(18)20(12,13)9-24-16/h10-14,16H,3-9H2,1-2H3/t10-,11-,12-,13+,14-,16+,18+,19+,20-/m1/s1. The van der Waals surface area contributed by atoms with Crippen LogP contribution in [-0.4, -0.2) is 37.4 Å². The van der Waals surface area contributed by atoms with Crippen LogP contribution >= 0.6 is 0 Å². The van der Waals surface area contributed by atoms with Crippen LogP contribution in [0.25, 0.3) is 0 Å². The van der Waals surface area contributed by atoms with Crippen molar-refractivity contribution in [2.24, 2.45) is 39.9 Å². The van der Waals surface area contributed by atoms with Crippen LogP contribution in [0.4, 0.5) is 0 Å². The lowest BCUT2D eigenvalue weighted by atomic mass is 9.44. The van der Waals surface area contributed by atoms with E-state index in [1.807, 2.05) is 6.92 Å². The lowest BCUT2D eigenvalue weighted by Crippen LogP contribution is -2.67. The summed E-state index contributed by atoms with van der Waals surface area (Å²) in [7, 11) is 0. The van der Waals surface area contributed by atoms with E-state index in [-0.39, 0.29) is 52.7 Å². The van der Waals surface area contributed by atoms with Gasteiger partial charge in [-0.05, 0) is 49.4 Å². The lowest BCUT2D eigenvalue weighted by Gasteiger charge is -2.60. The highest BCUT2D eigenvalue weighted by atomic mass is 16.7. The van der Waals surface area contributed by atoms with E-state index in [4.69, 9.17) is 14.2 Å². The Bertz CT molecular complexity index is 690. The van der Waals surface area contributed by atoms with Crippen molar-refractivity contribution < 1.29 is 23.8 Å². The van der Waals surface area contributed by atoms with Crippen molar-refractivity contribution >= 4 is 11.8 Å². The largest absolute Gasteiger partial charge is 0.461 e. The Labute approximate surface area is 147 Å². The van der Waals surface area contributed by atoms with E-state index in [2.05, 4.69) is 6.92 Å². The Morgan fingerprint density at radius 1 is 1.08 bits per heavy atom. The quantitative estimate of drug-likeness (QED) is 0.498. The molecule has 0 amide bonds. The summed E-state index contributed by atoms with van der Waals surface area (Å²) in [6.45, 7) is 5.61. The van der Waals surface area contributed by atoms with Gasteiger partial charge in [0, 0.05) is 17.3 Å². The number of ether oxygens (including phenoxy) is 3. The maximum Gasteiger partial charge on any atom is 0.320 e. The maximum atomic E-state index is 13.3. The van der Waals surface area contributed by atoms with Gasteiger partial charge in [0.05, 0.1) is 13.2 Å². The number of carbonyl (C=O) groups excluding carboxylic acids is 2. The predicted molar refractivity (Wildman–Crippen MR) is 86.3 cm³/mol. The van der Waals surface area contributed by atoms with Crippen molar-refractivity contribution in [1.29, 1.82) is 0 Å². The molecule has 3 aliphatic carbocycles. The molecule has 6 fully saturated rings. The number of esters is 1. The minimum atomic E-state index is -0.905. The average Bonchev–Trinajstić information content (AvgIpc) is 3.22. The van der Waals surface area contributed by atoms with E-state index in [9.17, 15) is 9.59 Å². The van der Waals surface area contributed by atoms with Crippen molar-refractivity contribution in [1.82, 2.24) is 0 Å². The lowest BCUT2D eigenvalue weighted by molar-refractivity contribution is -0.230. The minimum Gasteiger partial charge on any atom is -0.461 e. The maximum absolute atomic E-state index is 13.3. The second-order valence-electron chi connectivity index (χ2n) is 9.89. The molecule has 5 nitrogen and oxygen atoms in total. The van der Waals surface area contributed by atoms with E-state index in [0.717, 1.165) is 32.3 Å². The molecule has 0 aromatic heterocycles. The summed E-state index contributed by atoms with van der Waals surface area (Å²) < 4.78 is 18.2. The van der Waals surface area contributed by atoms with Gasteiger partial charge in [-0.3, -0.25) is 9.59 Å². The molecule has 0 radical (unpaired) electrons. The summed E-state index contributed by atoms with van der Waals surface area (Å²) in [4.78, 5) is 26.4. The van der Waals surface area contributed by atoms with Gasteiger partial charge in [0.15, 0.2) is 12.1 Å². The fourth-order valence-corrected chi connectivity index (χ4v) is 8.00. The van der Waals surface area contributed by atoms with Gasteiger partial charge in [-0.2, -0.15) is 0 Å². The molecule has 3 aliphatic heterocycles. The van der Waals surface area contributed by atoms with Gasteiger partial charge in [0.2, 0.25) is 0 Å². The Balaban J connectivity index is 1.55. The number of fused-ring (bicyclic) bond motifs is 1. The molecule has 3 saturated heterocycles. The summed E-state index contributed by atoms with van der Waals surface area (Å²) in [6.07, 6.45) is 4.28. The van der Waals surface area contributed by atoms with E-state index in [1.165, 1.54) is 0 Å². The molecular formula is C20H26O5. The third-order valence-corrected chi connectivity index (χ3v) is 9.08. The third kappa shape index (κ3) is 1.41. The van der Waals surface area contributed by atoms with E-state index < -0.39 is 5.41 Å². The molecule has 2 bridgehead atoms. The van der Waals surface area contributed by atoms with Gasteiger partial charge in [0.25, 0.3) is 0 Å². The Morgan fingerprint density at radius 2 is 1.88 bits per heavy atom. The number of ketones is 1. The first kappa shape index (κ1) is 15.2. The van der Waals surface area contributed by atoms with Gasteiger partial charge < -0.3 is 14.2 Å². The molecule has 9 atom stereocenters. The summed E-state index contributed by atoms with van der Waals surface area (Å²) in [6, 6.07) is 0. The van der Waals surface area contributed by atoms with Crippen LogP contribution < -0.4 is 0 Å². The monoisotopic (exact) mass is 346 g/mol. The fraction of sp³-hybridized carbons (Fsp3) is 0.900. The molecule has 25 heavy (non-hydrogen) atoms. The molecule has 136 valence electrons. The van der Waals surface area contributed by atoms with Crippen molar-refractivity contribution in [2.75, 3.05) is 13.2 Å². The molecule has 3 heterocycles. The highest BCUT2D eigenvalue weighted by Crippen LogP contribution is 2.72. The van der Waals surface area contributed by atoms with Crippen LogP contribution in [-0.2, 0) is 23.8 Å². The van der Waals surface area contributed by atoms with Crippen LogP contribution in [0.2, 0.25) is 0 Å². The zero-order valence-electron chi connectivity index (χ0n) is 15.0. The molecule has 0 N–H and O–H groups in total. The van der Waals surface area contributed by atoms with Crippen molar-refractivity contribution in [2.45, 2.75) is 58.3 Å². The van der Waals surface area contributed by atoms with Crippen LogP contribution in [0.15, 0.2) is 0 Å².